The SMILES string of the molecule is CCCCNC(=O)ON=C(C(=O)c1ccc2c(c1)c1cc([N+](=O)[O-])ccc1n2CC)c1ccc(OC(C)COC)cc1C. The molecule has 4 rings (SSSR count). The lowest BCUT2D eigenvalue weighted by molar-refractivity contribution is -0.384. The first-order chi connectivity index (χ1) is 20.7. The van der Waals surface area contributed by atoms with Gasteiger partial charge in [0.1, 0.15) is 11.9 Å². The Labute approximate surface area is 249 Å². The van der Waals surface area contributed by atoms with E-state index >= 15 is 0 Å². The first-order valence-corrected chi connectivity index (χ1v) is 14.2. The van der Waals surface area contributed by atoms with E-state index in [-0.39, 0.29) is 23.1 Å². The monoisotopic (exact) mass is 588 g/mol. The van der Waals surface area contributed by atoms with Gasteiger partial charge in [0.05, 0.1) is 11.5 Å². The Morgan fingerprint density at radius 2 is 1.77 bits per heavy atom. The number of non-ortho nitro benzene ring substituents is 1. The van der Waals surface area contributed by atoms with Crippen LogP contribution in [0.4, 0.5) is 10.5 Å². The second kappa shape index (κ2) is 13.9. The maximum absolute atomic E-state index is 14.0. The van der Waals surface area contributed by atoms with E-state index < -0.39 is 16.8 Å². The van der Waals surface area contributed by atoms with Crippen molar-refractivity contribution in [1.29, 1.82) is 0 Å². The zero-order valence-electron chi connectivity index (χ0n) is 25.0. The van der Waals surface area contributed by atoms with E-state index in [0.29, 0.717) is 47.3 Å². The topological polar surface area (TPSA) is 134 Å². The molecule has 0 aliphatic heterocycles. The number of ketones is 1. The van der Waals surface area contributed by atoms with Crippen molar-refractivity contribution < 1.29 is 28.8 Å². The summed E-state index contributed by atoms with van der Waals surface area (Å²) in [7, 11) is 1.60. The van der Waals surface area contributed by atoms with E-state index in [0.717, 1.165) is 23.9 Å². The van der Waals surface area contributed by atoms with Gasteiger partial charge in [-0.25, -0.2) is 4.79 Å². The van der Waals surface area contributed by atoms with Crippen LogP contribution in [0.5, 0.6) is 5.75 Å². The van der Waals surface area contributed by atoms with Gasteiger partial charge in [-0.05, 0) is 75.2 Å². The summed E-state index contributed by atoms with van der Waals surface area (Å²) in [6, 6.07) is 15.1. The van der Waals surface area contributed by atoms with Crippen LogP contribution >= 0.6 is 0 Å². The average Bonchev–Trinajstić information content (AvgIpc) is 3.30. The number of nitrogens with one attached hydrogen (secondary N) is 1. The van der Waals surface area contributed by atoms with Crippen LogP contribution in [-0.2, 0) is 16.1 Å². The molecular weight excluding hydrogens is 552 g/mol. The van der Waals surface area contributed by atoms with Gasteiger partial charge in [0.25, 0.3) is 5.69 Å². The summed E-state index contributed by atoms with van der Waals surface area (Å²) in [5.41, 5.74) is 2.99. The van der Waals surface area contributed by atoms with E-state index in [4.69, 9.17) is 14.3 Å². The van der Waals surface area contributed by atoms with Gasteiger partial charge in [0.15, 0.2) is 5.71 Å². The van der Waals surface area contributed by atoms with Crippen LogP contribution < -0.4 is 10.1 Å². The maximum Gasteiger partial charge on any atom is 0.433 e. The van der Waals surface area contributed by atoms with Gasteiger partial charge >= 0.3 is 6.09 Å². The molecule has 3 aromatic carbocycles. The molecule has 0 fully saturated rings. The zero-order valence-corrected chi connectivity index (χ0v) is 25.0. The van der Waals surface area contributed by atoms with Gasteiger partial charge in [-0.3, -0.25) is 19.7 Å². The molecule has 0 saturated heterocycles. The molecule has 1 N–H and O–H groups in total. The zero-order chi connectivity index (χ0) is 31.1. The summed E-state index contributed by atoms with van der Waals surface area (Å²) in [5.74, 6) is 0.113. The molecule has 0 aliphatic rings. The number of benzene rings is 3. The third-order valence-corrected chi connectivity index (χ3v) is 7.06. The minimum atomic E-state index is -0.765. The number of hydrogen-bond donors (Lipinski definition) is 1. The molecule has 0 radical (unpaired) electrons. The molecule has 1 heterocycles. The predicted molar refractivity (Wildman–Crippen MR) is 165 cm³/mol. The fraction of sp³-hybridized carbons (Fsp3) is 0.344. The highest BCUT2D eigenvalue weighted by Gasteiger charge is 2.23. The lowest BCUT2D eigenvalue weighted by Crippen LogP contribution is -2.25. The molecule has 0 saturated carbocycles. The molecule has 43 heavy (non-hydrogen) atoms. The summed E-state index contributed by atoms with van der Waals surface area (Å²) >= 11 is 0. The van der Waals surface area contributed by atoms with Crippen molar-refractivity contribution in [3.8, 4) is 5.75 Å². The lowest BCUT2D eigenvalue weighted by atomic mass is 9.96. The van der Waals surface area contributed by atoms with Crippen LogP contribution in [0.15, 0.2) is 59.8 Å². The average molecular weight is 589 g/mol. The highest BCUT2D eigenvalue weighted by molar-refractivity contribution is 6.51. The molecule has 0 spiro atoms. The Morgan fingerprint density at radius 1 is 1.05 bits per heavy atom. The number of nitro benzene ring substituents is 1. The molecular formula is C32H36N4O7. The molecule has 0 bridgehead atoms. The van der Waals surface area contributed by atoms with E-state index in [2.05, 4.69) is 10.5 Å². The van der Waals surface area contributed by atoms with Gasteiger partial charge in [-0.1, -0.05) is 18.5 Å². The van der Waals surface area contributed by atoms with Crippen molar-refractivity contribution in [2.24, 2.45) is 5.16 Å². The number of Topliss-reactive ketones (excluding diaryl/α,β-unsaturated/α-hetero) is 1. The Kier molecular flexibility index (Phi) is 10.1. The van der Waals surface area contributed by atoms with Crippen LogP contribution in [-0.4, -0.2) is 53.4 Å². The summed E-state index contributed by atoms with van der Waals surface area (Å²) in [6.45, 7) is 9.14. The Hall–Kier alpha value is -4.77. The number of amides is 1. The number of rotatable bonds is 13. The van der Waals surface area contributed by atoms with Crippen LogP contribution in [0.2, 0.25) is 0 Å². The minimum absolute atomic E-state index is 0.0399. The molecule has 0 aliphatic carbocycles. The van der Waals surface area contributed by atoms with Gasteiger partial charge in [-0.2, -0.15) is 0 Å². The molecule has 11 heteroatoms. The minimum Gasteiger partial charge on any atom is -0.488 e. The second-order valence-electron chi connectivity index (χ2n) is 10.2. The highest BCUT2D eigenvalue weighted by Crippen LogP contribution is 2.33. The number of aryl methyl sites for hydroxylation is 2. The fourth-order valence-electron chi connectivity index (χ4n) is 5.00. The van der Waals surface area contributed by atoms with Gasteiger partial charge in [0.2, 0.25) is 5.78 Å². The van der Waals surface area contributed by atoms with Crippen LogP contribution in [0, 0.1) is 17.0 Å². The molecule has 4 aromatic rings. The van der Waals surface area contributed by atoms with Crippen LogP contribution in [0.25, 0.3) is 21.8 Å². The van der Waals surface area contributed by atoms with E-state index in [1.807, 2.05) is 38.3 Å². The summed E-state index contributed by atoms with van der Waals surface area (Å²) in [5, 5.41) is 19.5. The van der Waals surface area contributed by atoms with Crippen molar-refractivity contribution in [3.05, 3.63) is 81.4 Å². The van der Waals surface area contributed by atoms with E-state index in [1.54, 1.807) is 43.5 Å². The van der Waals surface area contributed by atoms with Crippen molar-refractivity contribution in [2.75, 3.05) is 20.3 Å². The largest absolute Gasteiger partial charge is 0.488 e. The Bertz CT molecular complexity index is 1690. The maximum atomic E-state index is 14.0. The smallest absolute Gasteiger partial charge is 0.433 e. The van der Waals surface area contributed by atoms with Crippen molar-refractivity contribution in [3.63, 3.8) is 0 Å². The van der Waals surface area contributed by atoms with E-state index in [1.165, 1.54) is 12.1 Å². The lowest BCUT2D eigenvalue weighted by Gasteiger charge is -2.16. The molecule has 1 aromatic heterocycles. The van der Waals surface area contributed by atoms with Gasteiger partial charge < -0.3 is 19.4 Å². The number of fused-ring (bicyclic) bond motifs is 3. The third kappa shape index (κ3) is 7.00. The number of carbonyl (C=O) groups is 2. The Morgan fingerprint density at radius 3 is 2.42 bits per heavy atom. The van der Waals surface area contributed by atoms with Gasteiger partial charge in [0, 0.05) is 65.3 Å². The van der Waals surface area contributed by atoms with Crippen LogP contribution in [0.1, 0.15) is 55.1 Å². The third-order valence-electron chi connectivity index (χ3n) is 7.06. The highest BCUT2D eigenvalue weighted by atomic mass is 16.7. The van der Waals surface area contributed by atoms with Crippen LogP contribution in [0.3, 0.4) is 0 Å². The summed E-state index contributed by atoms with van der Waals surface area (Å²) in [4.78, 5) is 42.6. The van der Waals surface area contributed by atoms with Gasteiger partial charge in [-0.15, -0.1) is 0 Å². The Balaban J connectivity index is 1.78. The van der Waals surface area contributed by atoms with Crippen molar-refractivity contribution in [2.45, 2.75) is 53.2 Å². The number of nitrogens with zero attached hydrogens (tertiary/aromatic N) is 3. The molecule has 1 atom stereocenters. The number of oxime groups is 1. The predicted octanol–water partition coefficient (Wildman–Crippen LogP) is 6.56. The molecule has 11 nitrogen and oxygen atoms in total. The number of carbonyl (C=O) groups excluding carboxylic acids is 2. The number of ether oxygens (including phenoxy) is 2. The first kappa shape index (κ1) is 31.2. The number of hydrogen-bond acceptors (Lipinski definition) is 8. The van der Waals surface area contributed by atoms with E-state index in [9.17, 15) is 19.7 Å². The second-order valence-corrected chi connectivity index (χ2v) is 10.2. The number of aromatic nitrogens is 1. The first-order valence-electron chi connectivity index (χ1n) is 14.2. The molecule has 1 unspecified atom stereocenters. The normalized spacial score (nSPS) is 12.3. The standard InChI is InChI=1S/C32H36N4O7/c1-6-8-15-33-32(38)43-34-30(25-12-11-24(16-20(25)3)42-21(4)19-41-5)31(37)22-9-13-28-26(17-22)27-18-23(36(39)40)10-14-29(27)35(28)7-2/h9-14,16-18,21H,6-8,15,19H2,1-5H3,(H,33,38). The number of unbranched alkanes of at least 4 members (excludes halogenated alkanes) is 1. The summed E-state index contributed by atoms with van der Waals surface area (Å²) in [6.07, 6.45) is 0.715. The molecule has 1 amide bonds. The number of methoxy groups -OCH3 is 1. The van der Waals surface area contributed by atoms with Crippen molar-refractivity contribution >= 4 is 45.1 Å². The summed E-state index contributed by atoms with van der Waals surface area (Å²) < 4.78 is 13.1. The molecule has 226 valence electrons. The number of nitro groups is 1. The quantitative estimate of drug-likeness (QED) is 0.0467. The van der Waals surface area contributed by atoms with Crippen molar-refractivity contribution in [1.82, 2.24) is 9.88 Å². The fourth-order valence-corrected chi connectivity index (χ4v) is 5.00.